The van der Waals surface area contributed by atoms with Crippen LogP contribution in [0.5, 0.6) is 0 Å². The molecular formula is C20H23F3N4O2. The van der Waals surface area contributed by atoms with Crippen molar-refractivity contribution in [1.82, 2.24) is 9.97 Å². The fourth-order valence-electron chi connectivity index (χ4n) is 2.72. The summed E-state index contributed by atoms with van der Waals surface area (Å²) in [6.45, 7) is 5.71. The Balaban J connectivity index is 1.67. The van der Waals surface area contributed by atoms with Crippen molar-refractivity contribution in [2.45, 2.75) is 58.0 Å². The van der Waals surface area contributed by atoms with Gasteiger partial charge in [0, 0.05) is 12.6 Å². The smallest absolute Gasteiger partial charge is 0.416 e. The standard InChI is InChI=1S/C20H23F3N4O2/c1-19(2,3)29-18(28)26-16-10-25-17(11-24-16)27(15-8-9-15)12-13-4-6-14(7-5-13)20(21,22)23/h4-7,10-11,15H,8-9,12H2,1-3H3,(H,24,26,28). The van der Waals surface area contributed by atoms with Gasteiger partial charge in [-0.3, -0.25) is 5.32 Å². The van der Waals surface area contributed by atoms with Gasteiger partial charge in [-0.1, -0.05) is 12.1 Å². The molecule has 0 saturated heterocycles. The quantitative estimate of drug-likeness (QED) is 0.753. The predicted molar refractivity (Wildman–Crippen MR) is 103 cm³/mol. The maximum Gasteiger partial charge on any atom is 0.416 e. The fraction of sp³-hybridized carbons (Fsp3) is 0.450. The van der Waals surface area contributed by atoms with Crippen LogP contribution in [0, 0.1) is 0 Å². The number of carbonyl (C=O) groups is 1. The second-order valence-electron chi connectivity index (χ2n) is 7.94. The minimum atomic E-state index is -4.35. The zero-order chi connectivity index (χ0) is 21.2. The number of halogens is 3. The molecule has 0 radical (unpaired) electrons. The lowest BCUT2D eigenvalue weighted by Gasteiger charge is -2.24. The minimum Gasteiger partial charge on any atom is -0.444 e. The second-order valence-corrected chi connectivity index (χ2v) is 7.94. The molecule has 3 rings (SSSR count). The third kappa shape index (κ3) is 6.07. The molecule has 29 heavy (non-hydrogen) atoms. The fourth-order valence-corrected chi connectivity index (χ4v) is 2.72. The van der Waals surface area contributed by atoms with Crippen molar-refractivity contribution in [1.29, 1.82) is 0 Å². The predicted octanol–water partition coefficient (Wildman–Crippen LogP) is 5.01. The van der Waals surface area contributed by atoms with E-state index in [0.717, 1.165) is 30.5 Å². The molecule has 1 N–H and O–H groups in total. The van der Waals surface area contributed by atoms with Crippen molar-refractivity contribution >= 4 is 17.7 Å². The first-order valence-electron chi connectivity index (χ1n) is 9.26. The summed E-state index contributed by atoms with van der Waals surface area (Å²) in [7, 11) is 0. The van der Waals surface area contributed by atoms with Crippen LogP contribution in [0.1, 0.15) is 44.7 Å². The summed E-state index contributed by atoms with van der Waals surface area (Å²) >= 11 is 0. The lowest BCUT2D eigenvalue weighted by atomic mass is 10.1. The van der Waals surface area contributed by atoms with Crippen molar-refractivity contribution in [2.24, 2.45) is 0 Å². The molecule has 6 nitrogen and oxygen atoms in total. The number of carbonyl (C=O) groups excluding carboxylic acids is 1. The molecule has 0 atom stereocenters. The van der Waals surface area contributed by atoms with Crippen LogP contribution in [0.4, 0.5) is 29.6 Å². The van der Waals surface area contributed by atoms with E-state index in [0.29, 0.717) is 12.4 Å². The number of nitrogens with one attached hydrogen (secondary N) is 1. The summed E-state index contributed by atoms with van der Waals surface area (Å²) < 4.78 is 43.4. The highest BCUT2D eigenvalue weighted by Crippen LogP contribution is 2.33. The van der Waals surface area contributed by atoms with Gasteiger partial charge in [-0.25, -0.2) is 14.8 Å². The van der Waals surface area contributed by atoms with Crippen LogP contribution in [0.3, 0.4) is 0 Å². The maximum atomic E-state index is 12.7. The lowest BCUT2D eigenvalue weighted by molar-refractivity contribution is -0.137. The van der Waals surface area contributed by atoms with Gasteiger partial charge in [0.05, 0.1) is 18.0 Å². The van der Waals surface area contributed by atoms with Crippen LogP contribution in [-0.2, 0) is 17.5 Å². The maximum absolute atomic E-state index is 12.7. The topological polar surface area (TPSA) is 67.3 Å². The number of aromatic nitrogens is 2. The summed E-state index contributed by atoms with van der Waals surface area (Å²) in [4.78, 5) is 22.4. The first-order valence-corrected chi connectivity index (χ1v) is 9.26. The van der Waals surface area contributed by atoms with Crippen LogP contribution >= 0.6 is 0 Å². The highest BCUT2D eigenvalue weighted by atomic mass is 19.4. The summed E-state index contributed by atoms with van der Waals surface area (Å²) in [5, 5.41) is 2.52. The lowest BCUT2D eigenvalue weighted by Crippen LogP contribution is -2.28. The monoisotopic (exact) mass is 408 g/mol. The van der Waals surface area contributed by atoms with E-state index in [1.54, 1.807) is 20.8 Å². The van der Waals surface area contributed by atoms with Gasteiger partial charge in [-0.2, -0.15) is 13.2 Å². The molecule has 9 heteroatoms. The van der Waals surface area contributed by atoms with Crippen LogP contribution in [-0.4, -0.2) is 27.7 Å². The minimum absolute atomic E-state index is 0.258. The van der Waals surface area contributed by atoms with Crippen LogP contribution < -0.4 is 10.2 Å². The number of alkyl halides is 3. The Kier molecular flexibility index (Phi) is 5.68. The summed E-state index contributed by atoms with van der Waals surface area (Å²) in [6, 6.07) is 5.39. The molecule has 156 valence electrons. The molecule has 1 heterocycles. The Morgan fingerprint density at radius 1 is 1.14 bits per heavy atom. The van der Waals surface area contributed by atoms with Crippen molar-refractivity contribution in [3.63, 3.8) is 0 Å². The molecule has 1 aromatic heterocycles. The van der Waals surface area contributed by atoms with Crippen LogP contribution in [0.15, 0.2) is 36.7 Å². The number of hydrogen-bond acceptors (Lipinski definition) is 5. The number of anilines is 2. The molecule has 1 aliphatic rings. The van der Waals surface area contributed by atoms with E-state index in [1.807, 2.05) is 4.90 Å². The Hall–Kier alpha value is -2.84. The molecule has 1 aliphatic carbocycles. The number of amides is 1. The third-order valence-electron chi connectivity index (χ3n) is 4.18. The van der Waals surface area contributed by atoms with Gasteiger partial charge in [0.25, 0.3) is 0 Å². The first-order chi connectivity index (χ1) is 13.5. The number of hydrogen-bond donors (Lipinski definition) is 1. The molecular weight excluding hydrogens is 385 g/mol. The zero-order valence-corrected chi connectivity index (χ0v) is 16.5. The molecule has 1 saturated carbocycles. The van der Waals surface area contributed by atoms with Crippen LogP contribution in [0.2, 0.25) is 0 Å². The van der Waals surface area contributed by atoms with Gasteiger partial charge in [0.2, 0.25) is 0 Å². The van der Waals surface area contributed by atoms with E-state index in [4.69, 9.17) is 4.74 Å². The van der Waals surface area contributed by atoms with Gasteiger partial charge in [-0.05, 0) is 51.3 Å². The average molecular weight is 408 g/mol. The van der Waals surface area contributed by atoms with E-state index in [1.165, 1.54) is 24.5 Å². The van der Waals surface area contributed by atoms with E-state index in [2.05, 4.69) is 15.3 Å². The first kappa shape index (κ1) is 20.9. The highest BCUT2D eigenvalue weighted by Gasteiger charge is 2.32. The zero-order valence-electron chi connectivity index (χ0n) is 16.5. The van der Waals surface area contributed by atoms with Gasteiger partial charge in [0.15, 0.2) is 5.82 Å². The van der Waals surface area contributed by atoms with Crippen LogP contribution in [0.25, 0.3) is 0 Å². The van der Waals surface area contributed by atoms with E-state index >= 15 is 0 Å². The van der Waals surface area contributed by atoms with E-state index < -0.39 is 23.4 Å². The molecule has 1 fully saturated rings. The number of benzene rings is 1. The summed E-state index contributed by atoms with van der Waals surface area (Å²) in [6.07, 6.45) is -0.0305. The Morgan fingerprint density at radius 2 is 1.79 bits per heavy atom. The number of rotatable bonds is 5. The third-order valence-corrected chi connectivity index (χ3v) is 4.18. The summed E-state index contributed by atoms with van der Waals surface area (Å²) in [5.74, 6) is 0.857. The average Bonchev–Trinajstić information content (AvgIpc) is 3.43. The summed E-state index contributed by atoms with van der Waals surface area (Å²) in [5.41, 5.74) is -0.540. The van der Waals surface area contributed by atoms with Gasteiger partial charge < -0.3 is 9.64 Å². The van der Waals surface area contributed by atoms with E-state index in [-0.39, 0.29) is 11.9 Å². The molecule has 0 spiro atoms. The van der Waals surface area contributed by atoms with E-state index in [9.17, 15) is 18.0 Å². The van der Waals surface area contributed by atoms with Gasteiger partial charge in [0.1, 0.15) is 11.4 Å². The number of nitrogens with zero attached hydrogens (tertiary/aromatic N) is 3. The molecule has 2 aromatic rings. The molecule has 1 amide bonds. The largest absolute Gasteiger partial charge is 0.444 e. The van der Waals surface area contributed by atoms with Crippen molar-refractivity contribution in [3.8, 4) is 0 Å². The highest BCUT2D eigenvalue weighted by molar-refractivity contribution is 5.83. The molecule has 0 aliphatic heterocycles. The normalized spacial score (nSPS) is 14.4. The van der Waals surface area contributed by atoms with Crippen molar-refractivity contribution in [3.05, 3.63) is 47.8 Å². The molecule has 0 bridgehead atoms. The number of ether oxygens (including phenoxy) is 1. The molecule has 1 aromatic carbocycles. The Labute approximate surface area is 167 Å². The Bertz CT molecular complexity index is 842. The van der Waals surface area contributed by atoms with Crippen molar-refractivity contribution in [2.75, 3.05) is 10.2 Å². The SMILES string of the molecule is CC(C)(C)OC(=O)Nc1cnc(N(Cc2ccc(C(F)(F)F)cc2)C2CC2)cn1. The molecule has 0 unspecified atom stereocenters. The van der Waals surface area contributed by atoms with Crippen molar-refractivity contribution < 1.29 is 22.7 Å². The van der Waals surface area contributed by atoms with Gasteiger partial charge >= 0.3 is 12.3 Å². The van der Waals surface area contributed by atoms with Gasteiger partial charge in [-0.15, -0.1) is 0 Å². The Morgan fingerprint density at radius 3 is 2.28 bits per heavy atom. The second kappa shape index (κ2) is 7.88.